The van der Waals surface area contributed by atoms with E-state index in [1.807, 2.05) is 29.5 Å². The fourth-order valence-electron chi connectivity index (χ4n) is 5.37. The Hall–Kier alpha value is -2.98. The van der Waals surface area contributed by atoms with Crippen LogP contribution < -0.4 is 5.32 Å². The summed E-state index contributed by atoms with van der Waals surface area (Å²) < 4.78 is 9.14. The minimum absolute atomic E-state index is 0.0302. The van der Waals surface area contributed by atoms with Crippen molar-refractivity contribution in [2.45, 2.75) is 70.6 Å². The standard InChI is InChI=1S/C26H39N7O3/c1-17(16-36-5)29-26(27-3)30-33-18(2)23(11-24(33)20-6-8-22(34)9-7-20)21-12-28-32(15-21)14-19-10-25(35)31(4)13-19/h11-12,15,17,19-20,22,34H,3,6-10,13-14,16H2,1-2,4-5H3,(H,29,30)/t17-,19?,20-,22-/m0/s1. The van der Waals surface area contributed by atoms with Gasteiger partial charge in [0.15, 0.2) is 0 Å². The van der Waals surface area contributed by atoms with Crippen molar-refractivity contribution in [2.24, 2.45) is 16.0 Å². The van der Waals surface area contributed by atoms with Crippen molar-refractivity contribution in [1.82, 2.24) is 24.7 Å². The topological polar surface area (TPSA) is 109 Å². The van der Waals surface area contributed by atoms with Gasteiger partial charge >= 0.3 is 0 Å². The number of methoxy groups -OCH3 is 1. The maximum absolute atomic E-state index is 11.9. The molecule has 1 aliphatic carbocycles. The quantitative estimate of drug-likeness (QED) is 0.430. The highest BCUT2D eigenvalue weighted by molar-refractivity contribution is 5.84. The number of rotatable bonds is 8. The summed E-state index contributed by atoms with van der Waals surface area (Å²) >= 11 is 0. The number of amides is 1. The van der Waals surface area contributed by atoms with Crippen molar-refractivity contribution in [3.63, 3.8) is 0 Å². The second-order valence-electron chi connectivity index (χ2n) is 10.3. The van der Waals surface area contributed by atoms with Gasteiger partial charge in [0.2, 0.25) is 11.9 Å². The molecule has 1 aliphatic heterocycles. The number of aliphatic hydroxyl groups is 1. The summed E-state index contributed by atoms with van der Waals surface area (Å²) in [6, 6.07) is 2.23. The molecule has 1 saturated heterocycles. The van der Waals surface area contributed by atoms with Crippen LogP contribution in [0.15, 0.2) is 28.6 Å². The molecule has 2 aliphatic rings. The lowest BCUT2D eigenvalue weighted by Crippen LogP contribution is -2.35. The Bertz CT molecular complexity index is 1100. The van der Waals surface area contributed by atoms with Gasteiger partial charge in [-0.05, 0) is 52.3 Å². The number of nitrogens with zero attached hydrogens (tertiary/aromatic N) is 6. The number of carbonyl (C=O) groups is 1. The summed E-state index contributed by atoms with van der Waals surface area (Å²) in [5.74, 6) is 1.20. The van der Waals surface area contributed by atoms with E-state index >= 15 is 0 Å². The van der Waals surface area contributed by atoms with Crippen LogP contribution in [0.4, 0.5) is 0 Å². The number of carbonyl (C=O) groups excluding carboxylic acids is 1. The van der Waals surface area contributed by atoms with E-state index in [1.54, 1.807) is 12.0 Å². The van der Waals surface area contributed by atoms with Crippen LogP contribution in [0.1, 0.15) is 56.3 Å². The number of aromatic nitrogens is 3. The normalized spacial score (nSPS) is 23.8. The smallest absolute Gasteiger partial charge is 0.240 e. The number of ether oxygens (including phenoxy) is 1. The van der Waals surface area contributed by atoms with E-state index < -0.39 is 0 Å². The van der Waals surface area contributed by atoms with Gasteiger partial charge in [-0.2, -0.15) is 5.10 Å². The van der Waals surface area contributed by atoms with Crippen molar-refractivity contribution in [2.75, 3.05) is 27.3 Å². The zero-order valence-corrected chi connectivity index (χ0v) is 21.9. The van der Waals surface area contributed by atoms with Gasteiger partial charge in [-0.15, -0.1) is 5.10 Å². The lowest BCUT2D eigenvalue weighted by Gasteiger charge is -2.26. The van der Waals surface area contributed by atoms with Crippen molar-refractivity contribution < 1.29 is 14.6 Å². The zero-order chi connectivity index (χ0) is 25.8. The number of hydrogen-bond donors (Lipinski definition) is 2. The fourth-order valence-corrected chi connectivity index (χ4v) is 5.37. The van der Waals surface area contributed by atoms with E-state index in [-0.39, 0.29) is 24.0 Å². The summed E-state index contributed by atoms with van der Waals surface area (Å²) in [4.78, 5) is 17.8. The van der Waals surface area contributed by atoms with Gasteiger partial charge in [0.05, 0.1) is 18.9 Å². The molecule has 36 heavy (non-hydrogen) atoms. The van der Waals surface area contributed by atoms with E-state index in [0.29, 0.717) is 31.4 Å². The minimum atomic E-state index is -0.226. The molecular weight excluding hydrogens is 458 g/mol. The van der Waals surface area contributed by atoms with E-state index in [2.05, 4.69) is 41.3 Å². The first-order valence-corrected chi connectivity index (χ1v) is 12.8. The van der Waals surface area contributed by atoms with Crippen LogP contribution >= 0.6 is 0 Å². The summed E-state index contributed by atoms with van der Waals surface area (Å²) in [5.41, 5.74) is 4.19. The fraction of sp³-hybridized carbons (Fsp3) is 0.615. The van der Waals surface area contributed by atoms with E-state index in [4.69, 9.17) is 9.84 Å². The lowest BCUT2D eigenvalue weighted by atomic mass is 9.85. The Morgan fingerprint density at radius 3 is 2.75 bits per heavy atom. The average molecular weight is 498 g/mol. The molecule has 1 saturated carbocycles. The van der Waals surface area contributed by atoms with Crippen molar-refractivity contribution in [3.8, 4) is 11.1 Å². The molecule has 2 fully saturated rings. The average Bonchev–Trinajstić information content (AvgIpc) is 3.52. The molecular formula is C26H39N7O3. The molecule has 3 heterocycles. The van der Waals surface area contributed by atoms with Gasteiger partial charge in [0, 0.05) is 80.3 Å². The Labute approximate surface area is 213 Å². The maximum atomic E-state index is 11.9. The Kier molecular flexibility index (Phi) is 8.25. The molecule has 196 valence electrons. The first-order valence-electron chi connectivity index (χ1n) is 12.8. The van der Waals surface area contributed by atoms with E-state index in [1.165, 1.54) is 0 Å². The van der Waals surface area contributed by atoms with Crippen molar-refractivity contribution >= 4 is 18.6 Å². The van der Waals surface area contributed by atoms with Gasteiger partial charge in [0.25, 0.3) is 0 Å². The molecule has 10 heteroatoms. The number of aliphatic hydroxyl groups excluding tert-OH is 1. The third-order valence-corrected chi connectivity index (χ3v) is 7.31. The molecule has 0 bridgehead atoms. The molecule has 2 aromatic heterocycles. The molecule has 0 radical (unpaired) electrons. The van der Waals surface area contributed by atoms with Gasteiger partial charge in [-0.3, -0.25) is 9.48 Å². The molecule has 10 nitrogen and oxygen atoms in total. The van der Waals surface area contributed by atoms with Crippen LogP contribution in [-0.4, -0.2) is 82.5 Å². The van der Waals surface area contributed by atoms with E-state index in [9.17, 15) is 9.90 Å². The van der Waals surface area contributed by atoms with Crippen LogP contribution in [0.3, 0.4) is 0 Å². The minimum Gasteiger partial charge on any atom is -0.393 e. The molecule has 0 aromatic carbocycles. The lowest BCUT2D eigenvalue weighted by molar-refractivity contribution is -0.126. The summed E-state index contributed by atoms with van der Waals surface area (Å²) in [5, 5.41) is 22.8. The largest absolute Gasteiger partial charge is 0.393 e. The van der Waals surface area contributed by atoms with Gasteiger partial charge in [-0.1, -0.05) is 0 Å². The zero-order valence-electron chi connectivity index (χ0n) is 21.9. The number of aliphatic imine (C=N–C) groups is 1. The van der Waals surface area contributed by atoms with Crippen molar-refractivity contribution in [1.29, 1.82) is 0 Å². The molecule has 0 spiro atoms. The predicted octanol–water partition coefficient (Wildman–Crippen LogP) is 2.60. The Balaban J connectivity index is 1.64. The van der Waals surface area contributed by atoms with Crippen LogP contribution in [0.25, 0.3) is 11.1 Å². The maximum Gasteiger partial charge on any atom is 0.240 e. The van der Waals surface area contributed by atoms with Crippen LogP contribution in [0.5, 0.6) is 0 Å². The monoisotopic (exact) mass is 497 g/mol. The molecule has 1 amide bonds. The summed E-state index contributed by atoms with van der Waals surface area (Å²) in [6.45, 7) is 9.78. The molecule has 2 atom stereocenters. The first-order chi connectivity index (χ1) is 17.3. The molecule has 2 aromatic rings. The molecule has 1 unspecified atom stereocenters. The first kappa shape index (κ1) is 26.1. The van der Waals surface area contributed by atoms with Gasteiger partial charge in [0.1, 0.15) is 0 Å². The third kappa shape index (κ3) is 5.87. The second kappa shape index (κ2) is 11.4. The number of likely N-dealkylation sites (tertiary alicyclic amines) is 1. The number of hydrogen-bond acceptors (Lipinski definition) is 5. The SMILES string of the molecule is C=N/C(=N\n1c(C)c(-c2cnn(CC3CC(=O)N(C)C3)c2)cc1[C@H]1CC[C@H](O)CC1)N[C@@H](C)COC. The highest BCUT2D eigenvalue weighted by atomic mass is 16.5. The van der Waals surface area contributed by atoms with Crippen LogP contribution in [-0.2, 0) is 16.1 Å². The third-order valence-electron chi connectivity index (χ3n) is 7.31. The van der Waals surface area contributed by atoms with Crippen molar-refractivity contribution in [3.05, 3.63) is 29.8 Å². The molecule has 2 N–H and O–H groups in total. The highest BCUT2D eigenvalue weighted by Gasteiger charge is 2.28. The predicted molar refractivity (Wildman–Crippen MR) is 140 cm³/mol. The number of guanidine groups is 1. The van der Waals surface area contributed by atoms with E-state index in [0.717, 1.165) is 54.7 Å². The van der Waals surface area contributed by atoms with Gasteiger partial charge in [-0.25, -0.2) is 9.67 Å². The van der Waals surface area contributed by atoms with Gasteiger partial charge < -0.3 is 20.1 Å². The molecule has 4 rings (SSSR count). The van der Waals surface area contributed by atoms with Crippen LogP contribution in [0.2, 0.25) is 0 Å². The summed E-state index contributed by atoms with van der Waals surface area (Å²) in [6.07, 6.45) is 7.68. The summed E-state index contributed by atoms with van der Waals surface area (Å²) in [7, 11) is 3.52. The Morgan fingerprint density at radius 2 is 2.11 bits per heavy atom. The Morgan fingerprint density at radius 1 is 1.36 bits per heavy atom. The van der Waals surface area contributed by atoms with Crippen LogP contribution in [0, 0.1) is 12.8 Å². The second-order valence-corrected chi connectivity index (χ2v) is 10.3. The number of nitrogens with one attached hydrogen (secondary N) is 1. The highest BCUT2D eigenvalue weighted by Crippen LogP contribution is 2.38.